The average molecular weight is 515 g/mol. The fourth-order valence-electron chi connectivity index (χ4n) is 3.14. The smallest absolute Gasteiger partial charge is 0.194 e. The second-order valence-corrected chi connectivity index (χ2v) is 7.79. The van der Waals surface area contributed by atoms with Gasteiger partial charge < -0.3 is 19.9 Å². The van der Waals surface area contributed by atoms with E-state index in [0.717, 1.165) is 43.6 Å². The number of rotatable bonds is 5. The number of hydrogen-bond donors (Lipinski definition) is 1. The average Bonchev–Trinajstić information content (AvgIpc) is 3.18. The maximum Gasteiger partial charge on any atom is 0.194 e. The molecule has 6 nitrogen and oxygen atoms in total. The van der Waals surface area contributed by atoms with Crippen LogP contribution in [0.3, 0.4) is 0 Å². The van der Waals surface area contributed by atoms with Gasteiger partial charge in [0.15, 0.2) is 5.96 Å². The fourth-order valence-corrected chi connectivity index (χ4v) is 3.98. The molecule has 0 aliphatic carbocycles. The first-order chi connectivity index (χ1) is 13.1. The first-order valence-electron chi connectivity index (χ1n) is 9.39. The summed E-state index contributed by atoms with van der Waals surface area (Å²) in [5, 5.41) is 6.79. The minimum atomic E-state index is 0. The van der Waals surface area contributed by atoms with Gasteiger partial charge in [-0.15, -0.1) is 35.3 Å². The van der Waals surface area contributed by atoms with Crippen LogP contribution in [0.5, 0.6) is 5.75 Å². The minimum Gasteiger partial charge on any atom is -0.497 e. The molecule has 2 aromatic rings. The zero-order valence-corrected chi connectivity index (χ0v) is 20.2. The van der Waals surface area contributed by atoms with Crippen molar-refractivity contribution in [2.45, 2.75) is 26.3 Å². The number of anilines is 1. The van der Waals surface area contributed by atoms with E-state index >= 15 is 0 Å². The van der Waals surface area contributed by atoms with E-state index in [9.17, 15) is 0 Å². The van der Waals surface area contributed by atoms with Crippen molar-refractivity contribution in [2.75, 3.05) is 45.2 Å². The molecule has 1 saturated heterocycles. The summed E-state index contributed by atoms with van der Waals surface area (Å²) < 4.78 is 5.24. The van der Waals surface area contributed by atoms with Gasteiger partial charge in [0, 0.05) is 50.2 Å². The molecule has 154 valence electrons. The zero-order chi connectivity index (χ0) is 19.2. The number of nitrogens with zero attached hydrogens (tertiary/aromatic N) is 4. The third-order valence-electron chi connectivity index (χ3n) is 4.72. The number of nitrogens with one attached hydrogen (secondary N) is 1. The first kappa shape index (κ1) is 22.7. The minimum absolute atomic E-state index is 0. The van der Waals surface area contributed by atoms with Crippen LogP contribution >= 0.6 is 35.3 Å². The summed E-state index contributed by atoms with van der Waals surface area (Å²) in [4.78, 5) is 13.9. The number of methoxy groups -OCH3 is 1. The number of hydrogen-bond acceptors (Lipinski definition) is 5. The lowest BCUT2D eigenvalue weighted by Crippen LogP contribution is -2.52. The van der Waals surface area contributed by atoms with E-state index in [-0.39, 0.29) is 24.0 Å². The lowest BCUT2D eigenvalue weighted by molar-refractivity contribution is 0.372. The molecule has 1 aliphatic rings. The molecule has 0 amide bonds. The maximum atomic E-state index is 5.24. The van der Waals surface area contributed by atoms with Crippen LogP contribution in [0.1, 0.15) is 30.5 Å². The van der Waals surface area contributed by atoms with Gasteiger partial charge in [-0.25, -0.2) is 4.98 Å². The zero-order valence-electron chi connectivity index (χ0n) is 17.0. The van der Waals surface area contributed by atoms with Crippen molar-refractivity contribution in [1.29, 1.82) is 0 Å². The second kappa shape index (κ2) is 10.8. The van der Waals surface area contributed by atoms with Crippen LogP contribution in [0.2, 0.25) is 0 Å². The maximum absolute atomic E-state index is 5.24. The molecule has 2 heterocycles. The van der Waals surface area contributed by atoms with Crippen molar-refractivity contribution < 1.29 is 4.74 Å². The Kier molecular flexibility index (Phi) is 8.81. The highest BCUT2D eigenvalue weighted by atomic mass is 127. The van der Waals surface area contributed by atoms with Gasteiger partial charge in [0.1, 0.15) is 5.75 Å². The molecule has 28 heavy (non-hydrogen) atoms. The number of piperazine rings is 1. The molecule has 0 bridgehead atoms. The largest absolute Gasteiger partial charge is 0.497 e. The van der Waals surface area contributed by atoms with Gasteiger partial charge in [-0.3, -0.25) is 4.99 Å². The molecule has 0 atom stereocenters. The molecule has 0 saturated carbocycles. The van der Waals surface area contributed by atoms with E-state index < -0.39 is 0 Å². The molecular formula is C20H30IN5OS. The van der Waals surface area contributed by atoms with Gasteiger partial charge in [-0.05, 0) is 24.3 Å². The molecule has 3 rings (SSSR count). The quantitative estimate of drug-likeness (QED) is 0.373. The number of aromatic nitrogens is 1. The van der Waals surface area contributed by atoms with E-state index in [1.807, 2.05) is 19.2 Å². The molecule has 1 aromatic carbocycles. The van der Waals surface area contributed by atoms with E-state index in [2.05, 4.69) is 51.5 Å². The number of ether oxygens (including phenoxy) is 1. The Morgan fingerprint density at radius 1 is 1.21 bits per heavy atom. The Hall–Kier alpha value is -1.55. The highest BCUT2D eigenvalue weighted by molar-refractivity contribution is 14.0. The van der Waals surface area contributed by atoms with Crippen LogP contribution in [0.15, 0.2) is 34.6 Å². The standard InChI is InChI=1S/C20H29N5OS.HI/c1-15(2)19-23-16(14-27-19)13-22-20(21-3)25-11-9-24(10-12-25)17-5-7-18(26-4)8-6-17;/h5-8,14-15H,9-13H2,1-4H3,(H,21,22);1H. The van der Waals surface area contributed by atoms with Crippen molar-refractivity contribution in [1.82, 2.24) is 15.2 Å². The summed E-state index contributed by atoms with van der Waals surface area (Å²) in [5.41, 5.74) is 2.32. The third kappa shape index (κ3) is 5.73. The number of aliphatic imine (C=N–C) groups is 1. The molecule has 1 aromatic heterocycles. The van der Waals surface area contributed by atoms with Crippen LogP contribution in [-0.2, 0) is 6.54 Å². The van der Waals surface area contributed by atoms with Crippen LogP contribution in [0.4, 0.5) is 5.69 Å². The summed E-state index contributed by atoms with van der Waals surface area (Å²) in [6.45, 7) is 8.91. The molecule has 0 unspecified atom stereocenters. The number of thiazole rings is 1. The van der Waals surface area contributed by atoms with Crippen molar-refractivity contribution >= 4 is 47.0 Å². The summed E-state index contributed by atoms with van der Waals surface area (Å²) in [6, 6.07) is 8.27. The predicted octanol–water partition coefficient (Wildman–Crippen LogP) is 3.79. The Bertz CT molecular complexity index is 754. The molecule has 1 fully saturated rings. The highest BCUT2D eigenvalue weighted by Crippen LogP contribution is 2.21. The summed E-state index contributed by atoms with van der Waals surface area (Å²) in [7, 11) is 3.54. The Morgan fingerprint density at radius 3 is 2.43 bits per heavy atom. The topological polar surface area (TPSA) is 53.0 Å². The first-order valence-corrected chi connectivity index (χ1v) is 10.3. The van der Waals surface area contributed by atoms with Crippen molar-refractivity contribution in [3.8, 4) is 5.75 Å². The van der Waals surface area contributed by atoms with Gasteiger partial charge in [0.2, 0.25) is 0 Å². The summed E-state index contributed by atoms with van der Waals surface area (Å²) in [5.74, 6) is 2.32. The Morgan fingerprint density at radius 2 is 1.89 bits per heavy atom. The summed E-state index contributed by atoms with van der Waals surface area (Å²) in [6.07, 6.45) is 0. The van der Waals surface area contributed by atoms with Crippen LogP contribution in [0, 0.1) is 0 Å². The van der Waals surface area contributed by atoms with E-state index in [4.69, 9.17) is 9.72 Å². The second-order valence-electron chi connectivity index (χ2n) is 6.90. The fraction of sp³-hybridized carbons (Fsp3) is 0.500. The number of guanidine groups is 1. The number of halogens is 1. The predicted molar refractivity (Wildman–Crippen MR) is 129 cm³/mol. The SMILES string of the molecule is CN=C(NCc1csc(C(C)C)n1)N1CCN(c2ccc(OC)cc2)CC1.I. The van der Waals surface area contributed by atoms with E-state index in [1.54, 1.807) is 18.4 Å². The molecule has 8 heteroatoms. The van der Waals surface area contributed by atoms with Crippen molar-refractivity contribution in [3.05, 3.63) is 40.3 Å². The highest BCUT2D eigenvalue weighted by Gasteiger charge is 2.20. The van der Waals surface area contributed by atoms with Gasteiger partial charge in [0.05, 0.1) is 24.4 Å². The van der Waals surface area contributed by atoms with Gasteiger partial charge in [-0.2, -0.15) is 0 Å². The van der Waals surface area contributed by atoms with Gasteiger partial charge in [-0.1, -0.05) is 13.8 Å². The van der Waals surface area contributed by atoms with Gasteiger partial charge >= 0.3 is 0 Å². The van der Waals surface area contributed by atoms with E-state index in [0.29, 0.717) is 12.5 Å². The van der Waals surface area contributed by atoms with Crippen molar-refractivity contribution in [2.24, 2.45) is 4.99 Å². The molecule has 1 aliphatic heterocycles. The molecule has 0 radical (unpaired) electrons. The monoisotopic (exact) mass is 515 g/mol. The molecular weight excluding hydrogens is 485 g/mol. The number of benzene rings is 1. The molecule has 1 N–H and O–H groups in total. The van der Waals surface area contributed by atoms with Crippen LogP contribution in [-0.4, -0.2) is 56.2 Å². The Labute approximate surface area is 189 Å². The van der Waals surface area contributed by atoms with Gasteiger partial charge in [0.25, 0.3) is 0 Å². The lowest BCUT2D eigenvalue weighted by Gasteiger charge is -2.37. The van der Waals surface area contributed by atoms with Crippen molar-refractivity contribution in [3.63, 3.8) is 0 Å². The Balaban J connectivity index is 0.00000280. The third-order valence-corrected chi connectivity index (χ3v) is 5.91. The van der Waals surface area contributed by atoms with E-state index in [1.165, 1.54) is 10.7 Å². The normalized spacial score (nSPS) is 14.8. The van der Waals surface area contributed by atoms with Crippen LogP contribution in [0.25, 0.3) is 0 Å². The summed E-state index contributed by atoms with van der Waals surface area (Å²) >= 11 is 1.73. The molecule has 0 spiro atoms. The lowest BCUT2D eigenvalue weighted by atomic mass is 10.2. The van der Waals surface area contributed by atoms with Crippen LogP contribution < -0.4 is 15.0 Å².